The highest BCUT2D eigenvalue weighted by atomic mass is 16.2. The third kappa shape index (κ3) is 3.67. The Morgan fingerprint density at radius 3 is 2.93 bits per heavy atom. The summed E-state index contributed by atoms with van der Waals surface area (Å²) in [6, 6.07) is 1.43. The average Bonchev–Trinajstić information content (AvgIpc) is 2.18. The van der Waals surface area contributed by atoms with Crippen molar-refractivity contribution in [3.05, 3.63) is 24.0 Å². The maximum absolute atomic E-state index is 11.5. The highest BCUT2D eigenvalue weighted by Crippen LogP contribution is 2.08. The molecule has 3 N–H and O–H groups in total. The standard InChI is InChI=1S/C11H17N3O/c1-3-4-10(12)11(15)14-9-5-8(2)6-13-7-9/h5-7,10H,3-4,12H2,1-2H3,(H,14,15). The van der Waals surface area contributed by atoms with Crippen LogP contribution in [0.2, 0.25) is 0 Å². The van der Waals surface area contributed by atoms with E-state index in [1.54, 1.807) is 12.4 Å². The van der Waals surface area contributed by atoms with Crippen molar-refractivity contribution in [1.29, 1.82) is 0 Å². The molecule has 0 spiro atoms. The lowest BCUT2D eigenvalue weighted by Gasteiger charge is -2.10. The monoisotopic (exact) mass is 207 g/mol. The second-order valence-electron chi connectivity index (χ2n) is 3.64. The number of amides is 1. The van der Waals surface area contributed by atoms with Gasteiger partial charge in [0.1, 0.15) is 0 Å². The lowest BCUT2D eigenvalue weighted by atomic mass is 10.1. The van der Waals surface area contributed by atoms with E-state index in [0.717, 1.165) is 12.0 Å². The molecule has 4 heteroatoms. The third-order valence-corrected chi connectivity index (χ3v) is 2.08. The van der Waals surface area contributed by atoms with Crippen LogP contribution in [0, 0.1) is 6.92 Å². The quantitative estimate of drug-likeness (QED) is 0.785. The van der Waals surface area contributed by atoms with Crippen molar-refractivity contribution < 1.29 is 4.79 Å². The Hall–Kier alpha value is -1.42. The molecular weight excluding hydrogens is 190 g/mol. The van der Waals surface area contributed by atoms with Crippen LogP contribution in [0.4, 0.5) is 5.69 Å². The summed E-state index contributed by atoms with van der Waals surface area (Å²) in [5, 5.41) is 2.74. The summed E-state index contributed by atoms with van der Waals surface area (Å²) in [4.78, 5) is 15.5. The highest BCUT2D eigenvalue weighted by molar-refractivity contribution is 5.94. The van der Waals surface area contributed by atoms with E-state index in [2.05, 4.69) is 10.3 Å². The lowest BCUT2D eigenvalue weighted by Crippen LogP contribution is -2.35. The SMILES string of the molecule is CCCC(N)C(=O)Nc1cncc(C)c1. The molecule has 1 rings (SSSR count). The number of nitrogens with one attached hydrogen (secondary N) is 1. The molecule has 82 valence electrons. The van der Waals surface area contributed by atoms with E-state index in [0.29, 0.717) is 12.1 Å². The van der Waals surface area contributed by atoms with Gasteiger partial charge >= 0.3 is 0 Å². The molecule has 4 nitrogen and oxygen atoms in total. The summed E-state index contributed by atoms with van der Waals surface area (Å²) in [5.74, 6) is -0.149. The van der Waals surface area contributed by atoms with Gasteiger partial charge in [-0.05, 0) is 25.0 Å². The van der Waals surface area contributed by atoms with Crippen LogP contribution in [0.15, 0.2) is 18.5 Å². The molecule has 0 aliphatic heterocycles. The van der Waals surface area contributed by atoms with Crippen molar-refractivity contribution in [3.63, 3.8) is 0 Å². The smallest absolute Gasteiger partial charge is 0.241 e. The number of hydrogen-bond acceptors (Lipinski definition) is 3. The van der Waals surface area contributed by atoms with Crippen molar-refractivity contribution >= 4 is 11.6 Å². The number of carbonyl (C=O) groups is 1. The van der Waals surface area contributed by atoms with Crippen LogP contribution in [0.25, 0.3) is 0 Å². The summed E-state index contributed by atoms with van der Waals surface area (Å²) in [5.41, 5.74) is 7.39. The number of carbonyl (C=O) groups excluding carboxylic acids is 1. The minimum absolute atomic E-state index is 0.149. The van der Waals surface area contributed by atoms with Crippen molar-refractivity contribution in [3.8, 4) is 0 Å². The fraction of sp³-hybridized carbons (Fsp3) is 0.455. The molecule has 0 radical (unpaired) electrons. The Morgan fingerprint density at radius 1 is 1.60 bits per heavy atom. The molecular formula is C11H17N3O. The van der Waals surface area contributed by atoms with Gasteiger partial charge in [-0.2, -0.15) is 0 Å². The second-order valence-corrected chi connectivity index (χ2v) is 3.64. The van der Waals surface area contributed by atoms with E-state index in [-0.39, 0.29) is 5.91 Å². The molecule has 0 bridgehead atoms. The number of nitrogens with two attached hydrogens (primary N) is 1. The van der Waals surface area contributed by atoms with E-state index < -0.39 is 6.04 Å². The van der Waals surface area contributed by atoms with Crippen LogP contribution < -0.4 is 11.1 Å². The Balaban J connectivity index is 2.58. The second kappa shape index (κ2) is 5.46. The van der Waals surface area contributed by atoms with Gasteiger partial charge in [-0.1, -0.05) is 13.3 Å². The largest absolute Gasteiger partial charge is 0.323 e. The number of aromatic nitrogens is 1. The molecule has 1 amide bonds. The highest BCUT2D eigenvalue weighted by Gasteiger charge is 2.12. The first-order valence-electron chi connectivity index (χ1n) is 5.11. The van der Waals surface area contributed by atoms with E-state index in [9.17, 15) is 4.79 Å². The van der Waals surface area contributed by atoms with Crippen molar-refractivity contribution in [1.82, 2.24) is 4.98 Å². The van der Waals surface area contributed by atoms with Crippen LogP contribution in [0.1, 0.15) is 25.3 Å². The first kappa shape index (κ1) is 11.7. The fourth-order valence-electron chi connectivity index (χ4n) is 1.30. The zero-order valence-corrected chi connectivity index (χ0v) is 9.16. The molecule has 1 aromatic heterocycles. The van der Waals surface area contributed by atoms with Gasteiger partial charge in [0.05, 0.1) is 17.9 Å². The van der Waals surface area contributed by atoms with Gasteiger partial charge < -0.3 is 11.1 Å². The molecule has 1 aromatic rings. The first-order valence-corrected chi connectivity index (χ1v) is 5.11. The Morgan fingerprint density at radius 2 is 2.33 bits per heavy atom. The minimum Gasteiger partial charge on any atom is -0.323 e. The van der Waals surface area contributed by atoms with Crippen LogP contribution in [-0.4, -0.2) is 16.9 Å². The van der Waals surface area contributed by atoms with Gasteiger partial charge in [-0.25, -0.2) is 0 Å². The van der Waals surface area contributed by atoms with Crippen molar-refractivity contribution in [2.24, 2.45) is 5.73 Å². The normalized spacial score (nSPS) is 12.2. The Bertz CT molecular complexity index is 338. The molecule has 1 atom stereocenters. The van der Waals surface area contributed by atoms with Crippen molar-refractivity contribution in [2.75, 3.05) is 5.32 Å². The molecule has 15 heavy (non-hydrogen) atoms. The Labute approximate surface area is 89.9 Å². The average molecular weight is 207 g/mol. The molecule has 0 saturated heterocycles. The summed E-state index contributed by atoms with van der Waals surface area (Å²) in [6.07, 6.45) is 4.96. The molecule has 0 aromatic carbocycles. The van der Waals surface area contributed by atoms with Gasteiger partial charge in [0.2, 0.25) is 5.91 Å². The number of nitrogens with zero attached hydrogens (tertiary/aromatic N) is 1. The van der Waals surface area contributed by atoms with Gasteiger partial charge in [0.15, 0.2) is 0 Å². The number of anilines is 1. The summed E-state index contributed by atoms with van der Waals surface area (Å²) in [6.45, 7) is 3.93. The maximum atomic E-state index is 11.5. The predicted molar refractivity (Wildman–Crippen MR) is 60.5 cm³/mol. The first-order chi connectivity index (χ1) is 7.13. The molecule has 1 heterocycles. The Kier molecular flexibility index (Phi) is 4.24. The fourth-order valence-corrected chi connectivity index (χ4v) is 1.30. The summed E-state index contributed by atoms with van der Waals surface area (Å²) in [7, 11) is 0. The molecule has 0 aliphatic rings. The predicted octanol–water partition coefficient (Wildman–Crippen LogP) is 1.46. The van der Waals surface area contributed by atoms with Crippen LogP contribution in [-0.2, 0) is 4.79 Å². The van der Waals surface area contributed by atoms with Crippen LogP contribution in [0.3, 0.4) is 0 Å². The molecule has 0 saturated carbocycles. The van der Waals surface area contributed by atoms with Gasteiger partial charge in [-0.15, -0.1) is 0 Å². The molecule has 0 fully saturated rings. The van der Waals surface area contributed by atoms with Crippen LogP contribution >= 0.6 is 0 Å². The minimum atomic E-state index is -0.435. The number of aryl methyl sites for hydroxylation is 1. The zero-order valence-electron chi connectivity index (χ0n) is 9.16. The zero-order chi connectivity index (χ0) is 11.3. The van der Waals surface area contributed by atoms with Crippen LogP contribution in [0.5, 0.6) is 0 Å². The van der Waals surface area contributed by atoms with E-state index >= 15 is 0 Å². The summed E-state index contributed by atoms with van der Waals surface area (Å²) >= 11 is 0. The van der Waals surface area contributed by atoms with Gasteiger partial charge in [-0.3, -0.25) is 9.78 Å². The van der Waals surface area contributed by atoms with Gasteiger partial charge in [0, 0.05) is 6.20 Å². The third-order valence-electron chi connectivity index (χ3n) is 2.08. The van der Waals surface area contributed by atoms with E-state index in [1.165, 1.54) is 0 Å². The lowest BCUT2D eigenvalue weighted by molar-refractivity contribution is -0.117. The number of rotatable bonds is 4. The molecule has 1 unspecified atom stereocenters. The van der Waals surface area contributed by atoms with Crippen molar-refractivity contribution in [2.45, 2.75) is 32.7 Å². The van der Waals surface area contributed by atoms with E-state index in [1.807, 2.05) is 19.9 Å². The topological polar surface area (TPSA) is 68.0 Å². The maximum Gasteiger partial charge on any atom is 0.241 e. The number of pyridine rings is 1. The number of hydrogen-bond donors (Lipinski definition) is 2. The summed E-state index contributed by atoms with van der Waals surface area (Å²) < 4.78 is 0. The van der Waals surface area contributed by atoms with E-state index in [4.69, 9.17) is 5.73 Å². The van der Waals surface area contributed by atoms with Gasteiger partial charge in [0.25, 0.3) is 0 Å². The molecule has 0 aliphatic carbocycles.